The van der Waals surface area contributed by atoms with Gasteiger partial charge in [0, 0.05) is 4.88 Å². The highest BCUT2D eigenvalue weighted by Crippen LogP contribution is 2.42. The first-order valence-corrected chi connectivity index (χ1v) is 11.4. The molecule has 0 unspecified atom stereocenters. The molecular weight excluding hydrogens is 404 g/mol. The van der Waals surface area contributed by atoms with E-state index in [1.165, 1.54) is 21.8 Å². The van der Waals surface area contributed by atoms with Crippen LogP contribution in [0.5, 0.6) is 5.75 Å². The predicted octanol–water partition coefficient (Wildman–Crippen LogP) is 5.01. The molecule has 1 aliphatic heterocycles. The molecule has 148 valence electrons. The number of carbonyl (C=O) groups is 2. The van der Waals surface area contributed by atoms with Crippen LogP contribution in [0.2, 0.25) is 0 Å². The first kappa shape index (κ1) is 18.4. The highest BCUT2D eigenvalue weighted by molar-refractivity contribution is 7.16. The van der Waals surface area contributed by atoms with Crippen LogP contribution in [0.15, 0.2) is 41.8 Å². The first-order valence-electron chi connectivity index (χ1n) is 9.66. The third kappa shape index (κ3) is 3.45. The fraction of sp³-hybridized carbons (Fsp3) is 0.273. The van der Waals surface area contributed by atoms with Crippen molar-refractivity contribution in [3.8, 4) is 5.75 Å². The van der Waals surface area contributed by atoms with E-state index in [0.29, 0.717) is 16.5 Å². The van der Waals surface area contributed by atoms with Crippen LogP contribution < -0.4 is 15.4 Å². The number of nitrogens with one attached hydrogen (secondary N) is 2. The fourth-order valence-corrected chi connectivity index (χ4v) is 5.95. The summed E-state index contributed by atoms with van der Waals surface area (Å²) in [6, 6.07) is 10.8. The zero-order chi connectivity index (χ0) is 20.0. The number of anilines is 1. The van der Waals surface area contributed by atoms with Crippen LogP contribution in [0, 0.1) is 5.92 Å². The molecule has 0 saturated carbocycles. The Balaban J connectivity index is 1.33. The van der Waals surface area contributed by atoms with Crippen molar-refractivity contribution in [3.05, 3.63) is 68.2 Å². The van der Waals surface area contributed by atoms with Gasteiger partial charge in [0.15, 0.2) is 0 Å². The summed E-state index contributed by atoms with van der Waals surface area (Å²) in [5.74, 6) is 0.783. The molecule has 0 radical (unpaired) electrons. The Kier molecular flexibility index (Phi) is 4.64. The molecule has 2 atom stereocenters. The monoisotopic (exact) mass is 424 g/mol. The van der Waals surface area contributed by atoms with Gasteiger partial charge in [-0.3, -0.25) is 4.79 Å². The molecule has 5 rings (SSSR count). The number of fused-ring (bicyclic) bond motifs is 3. The van der Waals surface area contributed by atoms with Crippen LogP contribution in [0.1, 0.15) is 55.5 Å². The minimum absolute atomic E-state index is 0.0102. The van der Waals surface area contributed by atoms with E-state index in [-0.39, 0.29) is 18.0 Å². The molecule has 0 bridgehead atoms. The van der Waals surface area contributed by atoms with Gasteiger partial charge in [0.2, 0.25) is 0 Å². The molecule has 2 aromatic heterocycles. The van der Waals surface area contributed by atoms with Crippen molar-refractivity contribution in [1.29, 1.82) is 0 Å². The highest BCUT2D eigenvalue weighted by atomic mass is 32.1. The summed E-state index contributed by atoms with van der Waals surface area (Å²) in [5, 5.41) is 9.35. The van der Waals surface area contributed by atoms with E-state index < -0.39 is 0 Å². The van der Waals surface area contributed by atoms with Gasteiger partial charge in [-0.15, -0.1) is 22.7 Å². The SMILES string of the molecule is C[C@H]1CCc2c(sc3c2C(=O)N[C@H](c2ccc(OC(=O)c4cccs4)cc2)N3)C1. The number of carbonyl (C=O) groups excluding carboxylic acids is 2. The van der Waals surface area contributed by atoms with Gasteiger partial charge in [-0.05, 0) is 59.9 Å². The number of rotatable bonds is 3. The normalized spacial score (nSPS) is 20.2. The lowest BCUT2D eigenvalue weighted by molar-refractivity contribution is 0.0739. The quantitative estimate of drug-likeness (QED) is 0.458. The van der Waals surface area contributed by atoms with Gasteiger partial charge in [0.25, 0.3) is 5.91 Å². The van der Waals surface area contributed by atoms with E-state index in [2.05, 4.69) is 17.6 Å². The molecule has 3 heterocycles. The maximum Gasteiger partial charge on any atom is 0.353 e. The van der Waals surface area contributed by atoms with E-state index in [4.69, 9.17) is 4.74 Å². The number of esters is 1. The lowest BCUT2D eigenvalue weighted by Crippen LogP contribution is -2.38. The average Bonchev–Trinajstić information content (AvgIpc) is 3.36. The van der Waals surface area contributed by atoms with Gasteiger partial charge in [0.05, 0.1) is 5.56 Å². The highest BCUT2D eigenvalue weighted by Gasteiger charge is 2.33. The molecule has 7 heteroatoms. The van der Waals surface area contributed by atoms with Gasteiger partial charge in [-0.1, -0.05) is 25.1 Å². The molecule has 1 aromatic carbocycles. The minimum Gasteiger partial charge on any atom is -0.422 e. The number of benzene rings is 1. The Hall–Kier alpha value is -2.64. The maximum absolute atomic E-state index is 12.8. The van der Waals surface area contributed by atoms with Crippen molar-refractivity contribution < 1.29 is 14.3 Å². The minimum atomic E-state index is -0.361. The van der Waals surface area contributed by atoms with Crippen LogP contribution >= 0.6 is 22.7 Å². The third-order valence-electron chi connectivity index (χ3n) is 5.44. The number of hydrogen-bond acceptors (Lipinski definition) is 6. The lowest BCUT2D eigenvalue weighted by atomic mass is 9.88. The van der Waals surface area contributed by atoms with E-state index in [1.54, 1.807) is 29.5 Å². The Morgan fingerprint density at radius 3 is 2.76 bits per heavy atom. The summed E-state index contributed by atoms with van der Waals surface area (Å²) < 4.78 is 5.41. The molecule has 0 fully saturated rings. The molecule has 0 spiro atoms. The summed E-state index contributed by atoms with van der Waals surface area (Å²) in [4.78, 5) is 26.8. The molecule has 2 aliphatic rings. The molecular formula is C22H20N2O3S2. The summed E-state index contributed by atoms with van der Waals surface area (Å²) in [7, 11) is 0. The standard InChI is InChI=1S/C22H20N2O3S2/c1-12-4-9-15-17(11-12)29-21-18(15)20(25)23-19(24-21)13-5-7-14(8-6-13)27-22(26)16-3-2-10-28-16/h2-3,5-8,10,12,19,24H,4,9,11H2,1H3,(H,23,25)/t12-,19-/m0/s1. The lowest BCUT2D eigenvalue weighted by Gasteiger charge is -2.27. The number of thiophene rings is 2. The first-order chi connectivity index (χ1) is 14.1. The van der Waals surface area contributed by atoms with Crippen molar-refractivity contribution in [2.24, 2.45) is 5.92 Å². The van der Waals surface area contributed by atoms with E-state index in [9.17, 15) is 9.59 Å². The molecule has 29 heavy (non-hydrogen) atoms. The molecule has 1 amide bonds. The summed E-state index contributed by atoms with van der Waals surface area (Å²) in [6.07, 6.45) is 2.87. The van der Waals surface area contributed by atoms with Gasteiger partial charge in [-0.25, -0.2) is 4.79 Å². The number of ether oxygens (including phenoxy) is 1. The number of hydrogen-bond donors (Lipinski definition) is 2. The van der Waals surface area contributed by atoms with Crippen LogP contribution in [-0.2, 0) is 12.8 Å². The topological polar surface area (TPSA) is 67.4 Å². The van der Waals surface area contributed by atoms with Gasteiger partial charge >= 0.3 is 5.97 Å². The predicted molar refractivity (Wildman–Crippen MR) is 115 cm³/mol. The summed E-state index contributed by atoms with van der Waals surface area (Å²) in [6.45, 7) is 2.27. The van der Waals surface area contributed by atoms with Crippen molar-refractivity contribution in [1.82, 2.24) is 5.32 Å². The van der Waals surface area contributed by atoms with Crippen LogP contribution in [0.25, 0.3) is 0 Å². The van der Waals surface area contributed by atoms with E-state index in [1.807, 2.05) is 23.6 Å². The zero-order valence-electron chi connectivity index (χ0n) is 15.9. The average molecular weight is 425 g/mol. The molecule has 5 nitrogen and oxygen atoms in total. The second-order valence-electron chi connectivity index (χ2n) is 7.54. The summed E-state index contributed by atoms with van der Waals surface area (Å²) in [5.41, 5.74) is 2.97. The van der Waals surface area contributed by atoms with Crippen LogP contribution in [-0.4, -0.2) is 11.9 Å². The van der Waals surface area contributed by atoms with Gasteiger partial charge in [0.1, 0.15) is 21.8 Å². The fourth-order valence-electron chi connectivity index (χ4n) is 3.91. The Morgan fingerprint density at radius 1 is 1.17 bits per heavy atom. The molecule has 0 saturated heterocycles. The van der Waals surface area contributed by atoms with E-state index in [0.717, 1.165) is 35.4 Å². The van der Waals surface area contributed by atoms with E-state index >= 15 is 0 Å². The van der Waals surface area contributed by atoms with Crippen molar-refractivity contribution in [2.75, 3.05) is 5.32 Å². The third-order valence-corrected chi connectivity index (χ3v) is 7.47. The van der Waals surface area contributed by atoms with Gasteiger partial charge in [-0.2, -0.15) is 0 Å². The van der Waals surface area contributed by atoms with Crippen LogP contribution in [0.4, 0.5) is 5.00 Å². The smallest absolute Gasteiger partial charge is 0.353 e. The van der Waals surface area contributed by atoms with Crippen molar-refractivity contribution in [2.45, 2.75) is 32.4 Å². The van der Waals surface area contributed by atoms with Crippen molar-refractivity contribution in [3.63, 3.8) is 0 Å². The second-order valence-corrected chi connectivity index (χ2v) is 9.60. The zero-order valence-corrected chi connectivity index (χ0v) is 17.5. The number of amides is 1. The molecule has 2 N–H and O–H groups in total. The van der Waals surface area contributed by atoms with Gasteiger partial charge < -0.3 is 15.4 Å². The largest absolute Gasteiger partial charge is 0.422 e. The molecule has 3 aromatic rings. The Bertz CT molecular complexity index is 1070. The van der Waals surface area contributed by atoms with Crippen LogP contribution in [0.3, 0.4) is 0 Å². The summed E-state index contributed by atoms with van der Waals surface area (Å²) >= 11 is 3.06. The Labute approximate surface area is 176 Å². The maximum atomic E-state index is 12.8. The Morgan fingerprint density at radius 2 is 2.00 bits per heavy atom. The molecule has 1 aliphatic carbocycles. The second kappa shape index (κ2) is 7.31. The van der Waals surface area contributed by atoms with Crippen molar-refractivity contribution >= 4 is 39.6 Å².